The van der Waals surface area contributed by atoms with Crippen LogP contribution in [0.1, 0.15) is 40.3 Å². The summed E-state index contributed by atoms with van der Waals surface area (Å²) in [6.45, 7) is 3.51. The SMILES string of the molecule is COC(=O)c1[nH]c2ccccc2c1[C](C)c1cn(C(C)=O)c2ccccc12. The second-order valence-corrected chi connectivity index (χ2v) is 6.49. The second-order valence-electron chi connectivity index (χ2n) is 6.49. The molecule has 0 spiro atoms. The molecule has 5 nitrogen and oxygen atoms in total. The first-order chi connectivity index (χ1) is 13.0. The molecule has 4 rings (SSSR count). The number of rotatable bonds is 3. The maximum Gasteiger partial charge on any atom is 0.354 e. The molecule has 0 fully saturated rings. The van der Waals surface area contributed by atoms with Crippen LogP contribution in [0.4, 0.5) is 0 Å². The van der Waals surface area contributed by atoms with Gasteiger partial charge in [-0.05, 0) is 17.7 Å². The van der Waals surface area contributed by atoms with Crippen molar-refractivity contribution in [1.82, 2.24) is 9.55 Å². The van der Waals surface area contributed by atoms with E-state index < -0.39 is 5.97 Å². The van der Waals surface area contributed by atoms with Gasteiger partial charge in [-0.2, -0.15) is 0 Å². The number of nitrogens with zero attached hydrogens (tertiary/aromatic N) is 1. The Balaban J connectivity index is 1.99. The number of nitrogens with one attached hydrogen (secondary N) is 1. The molecule has 2 aromatic heterocycles. The molecule has 135 valence electrons. The molecule has 1 N–H and O–H groups in total. The molecule has 0 atom stereocenters. The first-order valence-corrected chi connectivity index (χ1v) is 8.67. The maximum atomic E-state index is 12.4. The highest BCUT2D eigenvalue weighted by atomic mass is 16.5. The van der Waals surface area contributed by atoms with E-state index in [1.54, 1.807) is 4.57 Å². The fourth-order valence-corrected chi connectivity index (χ4v) is 3.66. The first kappa shape index (κ1) is 17.1. The third-order valence-electron chi connectivity index (χ3n) is 4.93. The summed E-state index contributed by atoms with van der Waals surface area (Å²) in [7, 11) is 1.37. The number of benzene rings is 2. The summed E-state index contributed by atoms with van der Waals surface area (Å²) in [5.41, 5.74) is 3.83. The molecule has 1 radical (unpaired) electrons. The Morgan fingerprint density at radius 2 is 1.63 bits per heavy atom. The quantitative estimate of drug-likeness (QED) is 0.545. The molecule has 0 aliphatic heterocycles. The van der Waals surface area contributed by atoms with E-state index in [0.717, 1.165) is 38.9 Å². The van der Waals surface area contributed by atoms with Crippen molar-refractivity contribution in [3.63, 3.8) is 0 Å². The zero-order valence-corrected chi connectivity index (χ0v) is 15.4. The zero-order chi connectivity index (χ0) is 19.1. The second kappa shape index (κ2) is 6.43. The molecule has 0 saturated heterocycles. The summed E-state index contributed by atoms with van der Waals surface area (Å²) >= 11 is 0. The van der Waals surface area contributed by atoms with Gasteiger partial charge >= 0.3 is 5.97 Å². The number of methoxy groups -OCH3 is 1. The Labute approximate surface area is 156 Å². The smallest absolute Gasteiger partial charge is 0.354 e. The molecule has 0 unspecified atom stereocenters. The minimum Gasteiger partial charge on any atom is -0.464 e. The number of aromatic amines is 1. The fourth-order valence-electron chi connectivity index (χ4n) is 3.66. The van der Waals surface area contributed by atoms with Crippen molar-refractivity contribution in [2.45, 2.75) is 13.8 Å². The summed E-state index contributed by atoms with van der Waals surface area (Å²) in [6.07, 6.45) is 1.84. The summed E-state index contributed by atoms with van der Waals surface area (Å²) in [4.78, 5) is 27.7. The van der Waals surface area contributed by atoms with Crippen molar-refractivity contribution in [2.24, 2.45) is 0 Å². The largest absolute Gasteiger partial charge is 0.464 e. The highest BCUT2D eigenvalue weighted by Gasteiger charge is 2.26. The predicted octanol–water partition coefficient (Wildman–Crippen LogP) is 4.56. The van der Waals surface area contributed by atoms with Gasteiger partial charge in [0.15, 0.2) is 0 Å². The van der Waals surface area contributed by atoms with Crippen molar-refractivity contribution in [1.29, 1.82) is 0 Å². The molecule has 5 heteroatoms. The number of hydrogen-bond donors (Lipinski definition) is 1. The maximum absolute atomic E-state index is 12.4. The van der Waals surface area contributed by atoms with Crippen LogP contribution in [0.3, 0.4) is 0 Å². The van der Waals surface area contributed by atoms with Crippen LogP contribution in [0.2, 0.25) is 0 Å². The lowest BCUT2D eigenvalue weighted by Gasteiger charge is -2.12. The molecule has 2 aromatic carbocycles. The fraction of sp³-hybridized carbons (Fsp3) is 0.136. The van der Waals surface area contributed by atoms with E-state index in [-0.39, 0.29) is 5.91 Å². The van der Waals surface area contributed by atoms with Gasteiger partial charge in [0.1, 0.15) is 5.69 Å². The number of aromatic nitrogens is 2. The molecular formula is C22H19N2O3. The Hall–Kier alpha value is -3.34. The molecule has 4 aromatic rings. The number of carbonyl (C=O) groups excluding carboxylic acids is 2. The number of carbonyl (C=O) groups is 2. The lowest BCUT2D eigenvalue weighted by Crippen LogP contribution is -2.08. The third-order valence-corrected chi connectivity index (χ3v) is 4.93. The van der Waals surface area contributed by atoms with E-state index >= 15 is 0 Å². The van der Waals surface area contributed by atoms with Gasteiger partial charge in [-0.3, -0.25) is 9.36 Å². The van der Waals surface area contributed by atoms with Crippen LogP contribution in [0.5, 0.6) is 0 Å². The van der Waals surface area contributed by atoms with E-state index in [4.69, 9.17) is 4.74 Å². The molecule has 0 amide bonds. The Kier molecular flexibility index (Phi) is 4.07. The van der Waals surface area contributed by atoms with Gasteiger partial charge in [0.05, 0.1) is 12.6 Å². The van der Waals surface area contributed by atoms with Gasteiger partial charge in [-0.25, -0.2) is 4.79 Å². The average Bonchev–Trinajstić information content (AvgIpc) is 3.26. The normalized spacial score (nSPS) is 11.4. The molecule has 0 bridgehead atoms. The van der Waals surface area contributed by atoms with Crippen LogP contribution in [0.15, 0.2) is 54.7 Å². The summed E-state index contributed by atoms with van der Waals surface area (Å²) in [5, 5.41) is 1.90. The Morgan fingerprint density at radius 1 is 0.963 bits per heavy atom. The molecule has 0 aliphatic carbocycles. The number of fused-ring (bicyclic) bond motifs is 2. The summed E-state index contributed by atoms with van der Waals surface area (Å²) < 4.78 is 6.62. The molecule has 2 heterocycles. The van der Waals surface area contributed by atoms with Crippen LogP contribution < -0.4 is 0 Å². The van der Waals surface area contributed by atoms with Crippen LogP contribution in [0.25, 0.3) is 21.8 Å². The Bertz CT molecular complexity index is 1180. The number of esters is 1. The van der Waals surface area contributed by atoms with Crippen LogP contribution in [-0.4, -0.2) is 28.5 Å². The highest BCUT2D eigenvalue weighted by molar-refractivity contribution is 6.02. The van der Waals surface area contributed by atoms with Gasteiger partial charge in [0.25, 0.3) is 0 Å². The molecule has 27 heavy (non-hydrogen) atoms. The minimum absolute atomic E-state index is 0.0580. The van der Waals surface area contributed by atoms with Gasteiger partial charge in [0.2, 0.25) is 5.91 Å². The number of ether oxygens (including phenoxy) is 1. The molecular weight excluding hydrogens is 340 g/mol. The van der Waals surface area contributed by atoms with E-state index in [2.05, 4.69) is 4.98 Å². The van der Waals surface area contributed by atoms with Crippen LogP contribution in [-0.2, 0) is 4.74 Å². The van der Waals surface area contributed by atoms with E-state index in [1.807, 2.05) is 61.7 Å². The van der Waals surface area contributed by atoms with Crippen molar-refractivity contribution in [3.8, 4) is 0 Å². The third kappa shape index (κ3) is 2.63. The highest BCUT2D eigenvalue weighted by Crippen LogP contribution is 2.37. The van der Waals surface area contributed by atoms with Crippen LogP contribution >= 0.6 is 0 Å². The van der Waals surface area contributed by atoms with E-state index in [9.17, 15) is 9.59 Å². The minimum atomic E-state index is -0.421. The van der Waals surface area contributed by atoms with Crippen molar-refractivity contribution in [3.05, 3.63) is 77.5 Å². The molecule has 0 aliphatic rings. The summed E-state index contributed by atoms with van der Waals surface area (Å²) in [6, 6.07) is 15.5. The van der Waals surface area contributed by atoms with Crippen LogP contribution in [0, 0.1) is 5.92 Å². The monoisotopic (exact) mass is 359 g/mol. The molecule has 0 saturated carbocycles. The van der Waals surface area contributed by atoms with Crippen molar-refractivity contribution >= 4 is 33.7 Å². The lowest BCUT2D eigenvalue weighted by atomic mass is 9.90. The van der Waals surface area contributed by atoms with Gasteiger partial charge < -0.3 is 9.72 Å². The lowest BCUT2D eigenvalue weighted by molar-refractivity contribution is 0.0594. The standard InChI is InChI=1S/C22H19N2O3/c1-13(17-12-24(14(2)25)19-11-7-5-8-15(17)19)20-16-9-4-6-10-18(16)23-21(20)22(26)27-3/h4-12,23H,1-3H3. The van der Waals surface area contributed by atoms with E-state index in [0.29, 0.717) is 5.69 Å². The zero-order valence-electron chi connectivity index (χ0n) is 15.4. The number of H-pyrrole nitrogens is 1. The number of para-hydroxylation sites is 2. The van der Waals surface area contributed by atoms with Crippen molar-refractivity contribution in [2.75, 3.05) is 7.11 Å². The van der Waals surface area contributed by atoms with Gasteiger partial charge in [-0.1, -0.05) is 43.3 Å². The van der Waals surface area contributed by atoms with Crippen molar-refractivity contribution < 1.29 is 14.3 Å². The van der Waals surface area contributed by atoms with E-state index in [1.165, 1.54) is 14.0 Å². The summed E-state index contributed by atoms with van der Waals surface area (Å²) in [5.74, 6) is 0.428. The topological polar surface area (TPSA) is 64.1 Å². The first-order valence-electron chi connectivity index (χ1n) is 8.67. The Morgan fingerprint density at radius 3 is 2.33 bits per heavy atom. The van der Waals surface area contributed by atoms with Gasteiger partial charge in [-0.15, -0.1) is 0 Å². The van der Waals surface area contributed by atoms with Gasteiger partial charge in [0, 0.05) is 40.9 Å². The average molecular weight is 359 g/mol. The number of hydrogen-bond acceptors (Lipinski definition) is 3. The predicted molar refractivity (Wildman–Crippen MR) is 105 cm³/mol.